The van der Waals surface area contributed by atoms with Crippen LogP contribution < -0.4 is 33.6 Å². The Kier molecular flexibility index (Phi) is 11.6. The minimum Gasteiger partial charge on any atom is -0.480 e. The average molecular weight is 405 g/mol. The summed E-state index contributed by atoms with van der Waals surface area (Å²) in [5.74, 6) is -3.60. The van der Waals surface area contributed by atoms with Gasteiger partial charge in [0.15, 0.2) is 5.96 Å². The van der Waals surface area contributed by atoms with Crippen molar-refractivity contribution in [2.45, 2.75) is 43.8 Å². The van der Waals surface area contributed by atoms with Crippen LogP contribution in [-0.4, -0.2) is 65.2 Å². The highest BCUT2D eigenvalue weighted by Crippen LogP contribution is 2.02. The van der Waals surface area contributed by atoms with Crippen LogP contribution in [0.15, 0.2) is 4.99 Å². The van der Waals surface area contributed by atoms with E-state index in [0.717, 1.165) is 0 Å². The summed E-state index contributed by atoms with van der Waals surface area (Å²) >= 11 is 3.84. The standard InChI is InChI=1S/C14H27N7O5S/c15-7(2-1-5-19-14(17)18)11(23)20-8(3-4-10(16)22)12(24)21-9(6-27)13(25)26/h7-9,27H,1-6,15H2,(H2,16,22)(H,20,23)(H,21,24)(H,25,26)(H4,17,18,19)/t7-,8-,9-/m0/s1. The summed E-state index contributed by atoms with van der Waals surface area (Å²) in [5, 5.41) is 13.6. The number of amides is 3. The maximum Gasteiger partial charge on any atom is 0.327 e. The molecule has 11 N–H and O–H groups in total. The van der Waals surface area contributed by atoms with Gasteiger partial charge in [-0.15, -0.1) is 0 Å². The predicted molar refractivity (Wildman–Crippen MR) is 102 cm³/mol. The molecule has 0 spiro atoms. The lowest BCUT2D eigenvalue weighted by molar-refractivity contribution is -0.141. The minimum absolute atomic E-state index is 0.0756. The number of carboxylic acid groups (broad SMARTS) is 1. The zero-order valence-electron chi connectivity index (χ0n) is 14.8. The van der Waals surface area contributed by atoms with E-state index in [1.165, 1.54) is 0 Å². The van der Waals surface area contributed by atoms with E-state index in [2.05, 4.69) is 28.3 Å². The molecule has 0 unspecified atom stereocenters. The molecule has 27 heavy (non-hydrogen) atoms. The van der Waals surface area contributed by atoms with Crippen molar-refractivity contribution in [3.05, 3.63) is 0 Å². The number of aliphatic imine (C=N–C) groups is 1. The van der Waals surface area contributed by atoms with E-state index < -0.39 is 41.8 Å². The highest BCUT2D eigenvalue weighted by Gasteiger charge is 2.27. The lowest BCUT2D eigenvalue weighted by Crippen LogP contribution is -2.55. The number of aliphatic carboxylic acids is 1. The topological polar surface area (TPSA) is 229 Å². The summed E-state index contributed by atoms with van der Waals surface area (Å²) < 4.78 is 0. The lowest BCUT2D eigenvalue weighted by Gasteiger charge is -2.22. The van der Waals surface area contributed by atoms with E-state index in [1.807, 2.05) is 0 Å². The van der Waals surface area contributed by atoms with Crippen LogP contribution in [0, 0.1) is 0 Å². The number of hydrogen-bond donors (Lipinski definition) is 8. The zero-order valence-corrected chi connectivity index (χ0v) is 15.7. The second kappa shape index (κ2) is 12.8. The van der Waals surface area contributed by atoms with Crippen LogP contribution in [-0.2, 0) is 19.2 Å². The van der Waals surface area contributed by atoms with E-state index in [1.54, 1.807) is 0 Å². The molecule has 0 aromatic rings. The molecule has 13 heteroatoms. The number of carbonyl (C=O) groups is 4. The number of nitrogens with two attached hydrogens (primary N) is 4. The first kappa shape index (κ1) is 24.5. The van der Waals surface area contributed by atoms with E-state index in [-0.39, 0.29) is 37.5 Å². The molecule has 0 fully saturated rings. The Balaban J connectivity index is 4.84. The Labute approximate surface area is 161 Å². The van der Waals surface area contributed by atoms with Crippen LogP contribution in [0.1, 0.15) is 25.7 Å². The molecule has 0 saturated heterocycles. The molecule has 0 saturated carbocycles. The summed E-state index contributed by atoms with van der Waals surface area (Å²) in [6, 6.07) is -3.36. The van der Waals surface area contributed by atoms with Gasteiger partial charge in [0.2, 0.25) is 17.7 Å². The lowest BCUT2D eigenvalue weighted by atomic mass is 10.1. The largest absolute Gasteiger partial charge is 0.480 e. The van der Waals surface area contributed by atoms with E-state index >= 15 is 0 Å². The highest BCUT2D eigenvalue weighted by atomic mass is 32.1. The van der Waals surface area contributed by atoms with Gasteiger partial charge in [-0.25, -0.2) is 4.79 Å². The van der Waals surface area contributed by atoms with Crippen LogP contribution in [0.2, 0.25) is 0 Å². The van der Waals surface area contributed by atoms with Gasteiger partial charge in [-0.2, -0.15) is 12.6 Å². The Morgan fingerprint density at radius 3 is 2.07 bits per heavy atom. The number of primary amides is 1. The first-order valence-electron chi connectivity index (χ1n) is 8.12. The number of hydrogen-bond acceptors (Lipinski definition) is 7. The molecule has 3 amide bonds. The molecule has 12 nitrogen and oxygen atoms in total. The Morgan fingerprint density at radius 2 is 1.59 bits per heavy atom. The average Bonchev–Trinajstić information content (AvgIpc) is 2.58. The second-order valence-electron chi connectivity index (χ2n) is 5.70. The molecule has 0 radical (unpaired) electrons. The number of nitrogens with zero attached hydrogens (tertiary/aromatic N) is 1. The number of rotatable bonds is 13. The van der Waals surface area contributed by atoms with Crippen molar-refractivity contribution in [3.63, 3.8) is 0 Å². The quantitative estimate of drug-likeness (QED) is 0.0665. The van der Waals surface area contributed by atoms with Crippen LogP contribution in [0.3, 0.4) is 0 Å². The monoisotopic (exact) mass is 405 g/mol. The van der Waals surface area contributed by atoms with Crippen LogP contribution in [0.5, 0.6) is 0 Å². The fourth-order valence-electron chi connectivity index (χ4n) is 1.94. The third-order valence-corrected chi connectivity index (χ3v) is 3.78. The maximum atomic E-state index is 12.3. The van der Waals surface area contributed by atoms with Gasteiger partial charge >= 0.3 is 5.97 Å². The number of thiol groups is 1. The van der Waals surface area contributed by atoms with Crippen molar-refractivity contribution in [2.75, 3.05) is 12.3 Å². The van der Waals surface area contributed by atoms with Crippen LogP contribution >= 0.6 is 12.6 Å². The number of nitrogens with one attached hydrogen (secondary N) is 2. The smallest absolute Gasteiger partial charge is 0.327 e. The van der Waals surface area contributed by atoms with Gasteiger partial charge in [0, 0.05) is 18.7 Å². The number of guanidine groups is 1. The van der Waals surface area contributed by atoms with Crippen LogP contribution in [0.4, 0.5) is 0 Å². The highest BCUT2D eigenvalue weighted by molar-refractivity contribution is 7.80. The Hall–Kier alpha value is -2.54. The summed E-state index contributed by atoms with van der Waals surface area (Å²) in [6.07, 6.45) is 0.399. The van der Waals surface area contributed by atoms with E-state index in [4.69, 9.17) is 28.0 Å². The summed E-state index contributed by atoms with van der Waals surface area (Å²) in [6.45, 7) is 0.289. The first-order valence-corrected chi connectivity index (χ1v) is 8.75. The first-order chi connectivity index (χ1) is 12.6. The molecule has 0 aromatic heterocycles. The zero-order chi connectivity index (χ0) is 21.0. The Morgan fingerprint density at radius 1 is 1.00 bits per heavy atom. The fourth-order valence-corrected chi connectivity index (χ4v) is 2.19. The molecule has 0 aliphatic carbocycles. The predicted octanol–water partition coefficient (Wildman–Crippen LogP) is -3.38. The summed E-state index contributed by atoms with van der Waals surface area (Å²) in [5.41, 5.74) is 21.2. The molecule has 0 rings (SSSR count). The van der Waals surface area contributed by atoms with Crippen molar-refractivity contribution in [1.29, 1.82) is 0 Å². The van der Waals surface area contributed by atoms with E-state index in [0.29, 0.717) is 6.42 Å². The third kappa shape index (κ3) is 10.9. The Bertz CT molecular complexity index is 568. The van der Waals surface area contributed by atoms with Gasteiger partial charge in [-0.05, 0) is 19.3 Å². The van der Waals surface area contributed by atoms with Crippen molar-refractivity contribution in [1.82, 2.24) is 10.6 Å². The second-order valence-corrected chi connectivity index (χ2v) is 6.07. The van der Waals surface area contributed by atoms with Crippen molar-refractivity contribution >= 4 is 42.3 Å². The minimum atomic E-state index is -1.28. The molecule has 3 atom stereocenters. The van der Waals surface area contributed by atoms with Gasteiger partial charge in [-0.3, -0.25) is 19.4 Å². The molecule has 0 aromatic carbocycles. The van der Waals surface area contributed by atoms with E-state index in [9.17, 15) is 19.2 Å². The normalized spacial score (nSPS) is 13.7. The van der Waals surface area contributed by atoms with Crippen molar-refractivity contribution in [2.24, 2.45) is 27.9 Å². The molecular formula is C14H27N7O5S. The summed E-state index contributed by atoms with van der Waals surface area (Å²) in [4.78, 5) is 50.2. The molecular weight excluding hydrogens is 378 g/mol. The summed E-state index contributed by atoms with van der Waals surface area (Å²) in [7, 11) is 0. The van der Waals surface area contributed by atoms with Gasteiger partial charge in [0.25, 0.3) is 0 Å². The van der Waals surface area contributed by atoms with Gasteiger partial charge in [0.05, 0.1) is 6.04 Å². The van der Waals surface area contributed by atoms with Crippen molar-refractivity contribution in [3.8, 4) is 0 Å². The molecule has 0 aliphatic rings. The number of carboxylic acids is 1. The fraction of sp³-hybridized carbons (Fsp3) is 0.643. The number of carbonyl (C=O) groups excluding carboxylic acids is 3. The third-order valence-electron chi connectivity index (χ3n) is 3.41. The van der Waals surface area contributed by atoms with Crippen LogP contribution in [0.25, 0.3) is 0 Å². The molecule has 0 bridgehead atoms. The maximum absolute atomic E-state index is 12.3. The van der Waals surface area contributed by atoms with Gasteiger partial charge < -0.3 is 38.7 Å². The molecule has 0 aliphatic heterocycles. The van der Waals surface area contributed by atoms with Crippen molar-refractivity contribution < 1.29 is 24.3 Å². The van der Waals surface area contributed by atoms with Gasteiger partial charge in [-0.1, -0.05) is 0 Å². The molecule has 0 heterocycles. The molecule has 154 valence electrons. The van der Waals surface area contributed by atoms with Gasteiger partial charge in [0.1, 0.15) is 12.1 Å². The SMILES string of the molecule is NC(=O)CC[C@H](NC(=O)[C@@H](N)CCCN=C(N)N)C(=O)N[C@@H](CS)C(=O)O.